The van der Waals surface area contributed by atoms with E-state index in [9.17, 15) is 10.1 Å². The maximum atomic E-state index is 10.6. The monoisotopic (exact) mass is 264 g/mol. The molecule has 0 aliphatic heterocycles. The van der Waals surface area contributed by atoms with Gasteiger partial charge in [0.2, 0.25) is 0 Å². The topological polar surface area (TPSA) is 75.4 Å². The minimum absolute atomic E-state index is 0.0340. The van der Waals surface area contributed by atoms with Gasteiger partial charge in [0.1, 0.15) is 0 Å². The van der Waals surface area contributed by atoms with Crippen LogP contribution in [-0.2, 0) is 13.2 Å². The predicted octanol–water partition coefficient (Wildman–Crippen LogP) is 2.76. The molecule has 5 nitrogen and oxygen atoms in total. The first-order chi connectivity index (χ1) is 8.70. The summed E-state index contributed by atoms with van der Waals surface area (Å²) in [5.41, 5.74) is 1.65. The smallest absolute Gasteiger partial charge is 0.324 e. The van der Waals surface area contributed by atoms with Crippen LogP contribution < -0.4 is 5.32 Å². The molecule has 0 fully saturated rings. The minimum Gasteiger partial charge on any atom is -0.392 e. The van der Waals surface area contributed by atoms with Crippen molar-refractivity contribution in [1.82, 2.24) is 0 Å². The number of nitro groups is 1. The lowest BCUT2D eigenvalue weighted by molar-refractivity contribution is -0.380. The Labute approximate surface area is 108 Å². The Bertz CT molecular complexity index is 554. The van der Waals surface area contributed by atoms with Crippen LogP contribution >= 0.6 is 11.3 Å². The SMILES string of the molecule is O=[N+]([O-])c1ccc(CNc2ccccc2CO)s1. The van der Waals surface area contributed by atoms with Gasteiger partial charge >= 0.3 is 5.00 Å². The number of aliphatic hydroxyl groups is 1. The normalized spacial score (nSPS) is 10.3. The van der Waals surface area contributed by atoms with Crippen LogP contribution in [0, 0.1) is 10.1 Å². The zero-order valence-electron chi connectivity index (χ0n) is 9.50. The third kappa shape index (κ3) is 2.85. The summed E-state index contributed by atoms with van der Waals surface area (Å²) < 4.78 is 0. The van der Waals surface area contributed by atoms with Gasteiger partial charge in [0, 0.05) is 28.7 Å². The first-order valence-electron chi connectivity index (χ1n) is 5.36. The molecule has 0 aliphatic carbocycles. The summed E-state index contributed by atoms with van der Waals surface area (Å²) in [6, 6.07) is 10.7. The molecule has 0 bridgehead atoms. The molecule has 18 heavy (non-hydrogen) atoms. The highest BCUT2D eigenvalue weighted by Crippen LogP contribution is 2.25. The van der Waals surface area contributed by atoms with Gasteiger partial charge in [-0.2, -0.15) is 0 Å². The largest absolute Gasteiger partial charge is 0.392 e. The molecular weight excluding hydrogens is 252 g/mol. The molecule has 0 aliphatic rings. The van der Waals surface area contributed by atoms with Gasteiger partial charge in [-0.3, -0.25) is 10.1 Å². The fourth-order valence-electron chi connectivity index (χ4n) is 1.57. The number of benzene rings is 1. The Morgan fingerprint density at radius 3 is 2.72 bits per heavy atom. The minimum atomic E-state index is -0.393. The van der Waals surface area contributed by atoms with Crippen molar-refractivity contribution in [3.63, 3.8) is 0 Å². The van der Waals surface area contributed by atoms with Gasteiger partial charge in [-0.05, 0) is 12.1 Å². The number of nitrogens with zero attached hydrogens (tertiary/aromatic N) is 1. The van der Waals surface area contributed by atoms with E-state index >= 15 is 0 Å². The lowest BCUT2D eigenvalue weighted by Crippen LogP contribution is -2.00. The molecule has 1 aromatic heterocycles. The van der Waals surface area contributed by atoms with E-state index < -0.39 is 4.92 Å². The van der Waals surface area contributed by atoms with Crippen molar-refractivity contribution < 1.29 is 10.0 Å². The Morgan fingerprint density at radius 1 is 1.28 bits per heavy atom. The Balaban J connectivity index is 2.04. The lowest BCUT2D eigenvalue weighted by Gasteiger charge is -2.08. The maximum absolute atomic E-state index is 10.6. The highest BCUT2D eigenvalue weighted by molar-refractivity contribution is 7.15. The Kier molecular flexibility index (Phi) is 3.91. The molecule has 0 saturated heterocycles. The summed E-state index contributed by atoms with van der Waals surface area (Å²) in [6.45, 7) is 0.475. The van der Waals surface area contributed by atoms with Crippen molar-refractivity contribution in [2.45, 2.75) is 13.2 Å². The second-order valence-corrected chi connectivity index (χ2v) is 4.81. The molecule has 0 spiro atoms. The number of nitrogens with one attached hydrogen (secondary N) is 1. The first-order valence-corrected chi connectivity index (χ1v) is 6.18. The van der Waals surface area contributed by atoms with E-state index in [2.05, 4.69) is 5.32 Å². The van der Waals surface area contributed by atoms with E-state index in [1.54, 1.807) is 6.07 Å². The second kappa shape index (κ2) is 5.61. The molecule has 0 atom stereocenters. The van der Waals surface area contributed by atoms with Gasteiger partial charge in [0.25, 0.3) is 0 Å². The summed E-state index contributed by atoms with van der Waals surface area (Å²) in [4.78, 5) is 11.0. The summed E-state index contributed by atoms with van der Waals surface area (Å²) >= 11 is 1.15. The number of aliphatic hydroxyl groups excluding tert-OH is 1. The first kappa shape index (κ1) is 12.5. The van der Waals surface area contributed by atoms with Crippen molar-refractivity contribution in [3.05, 3.63) is 57.0 Å². The number of hydrogen-bond donors (Lipinski definition) is 2. The summed E-state index contributed by atoms with van der Waals surface area (Å²) in [7, 11) is 0. The molecule has 1 aromatic carbocycles. The molecule has 94 valence electrons. The van der Waals surface area contributed by atoms with Crippen LogP contribution in [0.5, 0.6) is 0 Å². The second-order valence-electron chi connectivity index (χ2n) is 3.67. The van der Waals surface area contributed by atoms with Crippen molar-refractivity contribution in [3.8, 4) is 0 Å². The van der Waals surface area contributed by atoms with Crippen LogP contribution in [0.3, 0.4) is 0 Å². The third-order valence-corrected chi connectivity index (χ3v) is 3.51. The number of hydrogen-bond acceptors (Lipinski definition) is 5. The van der Waals surface area contributed by atoms with Gasteiger partial charge < -0.3 is 10.4 Å². The van der Waals surface area contributed by atoms with Crippen LogP contribution in [0.25, 0.3) is 0 Å². The molecule has 2 rings (SSSR count). The van der Waals surface area contributed by atoms with Crippen molar-refractivity contribution in [2.24, 2.45) is 0 Å². The predicted molar refractivity (Wildman–Crippen MR) is 70.7 cm³/mol. The maximum Gasteiger partial charge on any atom is 0.324 e. The number of thiophene rings is 1. The zero-order valence-corrected chi connectivity index (χ0v) is 10.3. The molecule has 1 heterocycles. The summed E-state index contributed by atoms with van der Waals surface area (Å²) in [5.74, 6) is 0. The van der Waals surface area contributed by atoms with Crippen molar-refractivity contribution in [1.29, 1.82) is 0 Å². The highest BCUT2D eigenvalue weighted by atomic mass is 32.1. The van der Waals surface area contributed by atoms with E-state index in [0.29, 0.717) is 6.54 Å². The van der Waals surface area contributed by atoms with Gasteiger partial charge in [-0.25, -0.2) is 0 Å². The third-order valence-electron chi connectivity index (χ3n) is 2.47. The van der Waals surface area contributed by atoms with E-state index in [-0.39, 0.29) is 11.6 Å². The highest BCUT2D eigenvalue weighted by Gasteiger charge is 2.09. The Morgan fingerprint density at radius 2 is 2.06 bits per heavy atom. The van der Waals surface area contributed by atoms with Gasteiger partial charge in [-0.1, -0.05) is 29.5 Å². The number of rotatable bonds is 5. The summed E-state index contributed by atoms with van der Waals surface area (Å²) in [6.07, 6.45) is 0. The van der Waals surface area contributed by atoms with Crippen LogP contribution in [0.1, 0.15) is 10.4 Å². The van der Waals surface area contributed by atoms with Crippen LogP contribution in [0.4, 0.5) is 10.7 Å². The molecule has 6 heteroatoms. The van der Waals surface area contributed by atoms with E-state index in [1.807, 2.05) is 24.3 Å². The molecule has 2 N–H and O–H groups in total. The van der Waals surface area contributed by atoms with Crippen LogP contribution in [0.15, 0.2) is 36.4 Å². The van der Waals surface area contributed by atoms with E-state index in [0.717, 1.165) is 27.5 Å². The van der Waals surface area contributed by atoms with Crippen LogP contribution in [0.2, 0.25) is 0 Å². The fourth-order valence-corrected chi connectivity index (χ4v) is 2.33. The van der Waals surface area contributed by atoms with Crippen molar-refractivity contribution in [2.75, 3.05) is 5.32 Å². The molecule has 0 radical (unpaired) electrons. The lowest BCUT2D eigenvalue weighted by atomic mass is 10.2. The van der Waals surface area contributed by atoms with E-state index in [4.69, 9.17) is 5.11 Å². The Hall–Kier alpha value is -1.92. The van der Waals surface area contributed by atoms with E-state index in [1.165, 1.54) is 6.07 Å². The molecule has 2 aromatic rings. The molecule has 0 saturated carbocycles. The van der Waals surface area contributed by atoms with Gasteiger partial charge in [0.15, 0.2) is 0 Å². The zero-order chi connectivity index (χ0) is 13.0. The number of para-hydroxylation sites is 1. The average Bonchev–Trinajstić information content (AvgIpc) is 2.85. The van der Waals surface area contributed by atoms with Crippen LogP contribution in [-0.4, -0.2) is 10.0 Å². The molecule has 0 unspecified atom stereocenters. The molecule has 0 amide bonds. The average molecular weight is 264 g/mol. The fraction of sp³-hybridized carbons (Fsp3) is 0.167. The quantitative estimate of drug-likeness (QED) is 0.643. The van der Waals surface area contributed by atoms with Gasteiger partial charge in [-0.15, -0.1) is 0 Å². The summed E-state index contributed by atoms with van der Waals surface area (Å²) in [5, 5.41) is 23.0. The van der Waals surface area contributed by atoms with Gasteiger partial charge in [0.05, 0.1) is 11.5 Å². The van der Waals surface area contributed by atoms with Crippen molar-refractivity contribution >= 4 is 22.0 Å². The standard InChI is InChI=1S/C12H12N2O3S/c15-8-9-3-1-2-4-11(9)13-7-10-5-6-12(18-10)14(16)17/h1-6,13,15H,7-8H2. The number of anilines is 1. The molecular formula is C12H12N2O3S.